The van der Waals surface area contributed by atoms with Crippen LogP contribution in [0.15, 0.2) is 24.3 Å². The van der Waals surface area contributed by atoms with Crippen LogP contribution in [0.5, 0.6) is 0 Å². The Morgan fingerprint density at radius 1 is 1.36 bits per heavy atom. The van der Waals surface area contributed by atoms with Crippen molar-refractivity contribution in [3.05, 3.63) is 29.8 Å². The number of hydrogen-bond donors (Lipinski definition) is 2. The number of benzene rings is 1. The molecule has 0 aromatic heterocycles. The van der Waals surface area contributed by atoms with Crippen LogP contribution in [-0.2, 0) is 4.79 Å². The van der Waals surface area contributed by atoms with Crippen LogP contribution in [0.4, 0.5) is 5.69 Å². The molecule has 1 saturated heterocycles. The molecule has 22 heavy (non-hydrogen) atoms. The first kappa shape index (κ1) is 16.3. The third-order valence-corrected chi connectivity index (χ3v) is 4.10. The number of anilines is 1. The molecule has 1 aliphatic rings. The number of nitrogens with two attached hydrogens (primary N) is 1. The van der Waals surface area contributed by atoms with Gasteiger partial charge in [-0.05, 0) is 31.4 Å². The maximum Gasteiger partial charge on any atom is 0.255 e. The Morgan fingerprint density at radius 3 is 2.86 bits per heavy atom. The van der Waals surface area contributed by atoms with Crippen LogP contribution >= 0.6 is 0 Å². The fourth-order valence-corrected chi connectivity index (χ4v) is 2.77. The summed E-state index contributed by atoms with van der Waals surface area (Å²) in [6.45, 7) is 3.97. The predicted octanol–water partition coefficient (Wildman–Crippen LogP) is 2.04. The molecule has 5 heteroatoms. The smallest absolute Gasteiger partial charge is 0.255 e. The van der Waals surface area contributed by atoms with E-state index in [1.54, 1.807) is 17.0 Å². The van der Waals surface area contributed by atoms with Gasteiger partial charge in [-0.2, -0.15) is 0 Å². The highest BCUT2D eigenvalue weighted by molar-refractivity contribution is 5.99. The molecule has 3 N–H and O–H groups in total. The van der Waals surface area contributed by atoms with Gasteiger partial charge < -0.3 is 16.0 Å². The molecule has 1 aromatic carbocycles. The molecule has 0 saturated carbocycles. The van der Waals surface area contributed by atoms with Crippen LogP contribution in [0, 0.1) is 5.92 Å². The van der Waals surface area contributed by atoms with Gasteiger partial charge in [-0.1, -0.05) is 25.5 Å². The zero-order valence-corrected chi connectivity index (χ0v) is 13.2. The van der Waals surface area contributed by atoms with Crippen molar-refractivity contribution in [3.63, 3.8) is 0 Å². The van der Waals surface area contributed by atoms with E-state index in [1.807, 2.05) is 12.1 Å². The van der Waals surface area contributed by atoms with E-state index in [0.29, 0.717) is 30.9 Å². The molecule has 0 radical (unpaired) electrons. The van der Waals surface area contributed by atoms with E-state index in [4.69, 9.17) is 5.73 Å². The summed E-state index contributed by atoms with van der Waals surface area (Å²) in [5.74, 6) is -0.129. The lowest BCUT2D eigenvalue weighted by Gasteiger charge is -2.32. The van der Waals surface area contributed by atoms with E-state index in [0.717, 1.165) is 25.7 Å². The number of amides is 2. The van der Waals surface area contributed by atoms with Crippen LogP contribution in [0.2, 0.25) is 0 Å². The maximum atomic E-state index is 12.6. The SMILES string of the molecule is CCCCNC(=O)C1CCCN(C(=O)c2ccccc2N)C1. The number of likely N-dealkylation sites (tertiary alicyclic amines) is 1. The van der Waals surface area contributed by atoms with Gasteiger partial charge in [0, 0.05) is 25.3 Å². The van der Waals surface area contributed by atoms with Gasteiger partial charge >= 0.3 is 0 Å². The van der Waals surface area contributed by atoms with E-state index >= 15 is 0 Å². The molecule has 0 aliphatic carbocycles. The van der Waals surface area contributed by atoms with Crippen LogP contribution in [-0.4, -0.2) is 36.3 Å². The Balaban J connectivity index is 1.97. The van der Waals surface area contributed by atoms with Crippen molar-refractivity contribution in [2.45, 2.75) is 32.6 Å². The second-order valence-electron chi connectivity index (χ2n) is 5.82. The van der Waals surface area contributed by atoms with Crippen molar-refractivity contribution in [3.8, 4) is 0 Å². The minimum atomic E-state index is -0.112. The van der Waals surface area contributed by atoms with Crippen LogP contribution < -0.4 is 11.1 Å². The lowest BCUT2D eigenvalue weighted by molar-refractivity contribution is -0.126. The van der Waals surface area contributed by atoms with Crippen molar-refractivity contribution >= 4 is 17.5 Å². The van der Waals surface area contributed by atoms with E-state index in [1.165, 1.54) is 0 Å². The van der Waals surface area contributed by atoms with Gasteiger partial charge in [-0.3, -0.25) is 9.59 Å². The minimum absolute atomic E-state index is 0.0620. The van der Waals surface area contributed by atoms with Crippen molar-refractivity contribution in [2.24, 2.45) is 5.92 Å². The topological polar surface area (TPSA) is 75.4 Å². The van der Waals surface area contributed by atoms with Crippen LogP contribution in [0.25, 0.3) is 0 Å². The van der Waals surface area contributed by atoms with Gasteiger partial charge in [0.25, 0.3) is 5.91 Å². The van der Waals surface area contributed by atoms with Crippen LogP contribution in [0.1, 0.15) is 43.0 Å². The number of hydrogen-bond acceptors (Lipinski definition) is 3. The average Bonchev–Trinajstić information content (AvgIpc) is 2.55. The number of carbonyl (C=O) groups is 2. The standard InChI is InChI=1S/C17H25N3O2/c1-2-3-10-19-16(21)13-7-6-11-20(12-13)17(22)14-8-4-5-9-15(14)18/h4-5,8-9,13H,2-3,6-7,10-12,18H2,1H3,(H,19,21). The molecule has 1 fully saturated rings. The first-order chi connectivity index (χ1) is 10.6. The molecule has 0 spiro atoms. The van der Waals surface area contributed by atoms with E-state index in [-0.39, 0.29) is 17.7 Å². The summed E-state index contributed by atoms with van der Waals surface area (Å²) in [6.07, 6.45) is 3.74. The molecule has 2 rings (SSSR count). The summed E-state index contributed by atoms with van der Waals surface area (Å²) < 4.78 is 0. The van der Waals surface area contributed by atoms with Crippen molar-refractivity contribution in [1.29, 1.82) is 0 Å². The fourth-order valence-electron chi connectivity index (χ4n) is 2.77. The molecule has 1 heterocycles. The maximum absolute atomic E-state index is 12.6. The monoisotopic (exact) mass is 303 g/mol. The Hall–Kier alpha value is -2.04. The number of piperidine rings is 1. The zero-order chi connectivity index (χ0) is 15.9. The van der Waals surface area contributed by atoms with Gasteiger partial charge in [0.1, 0.15) is 0 Å². The molecule has 2 amide bonds. The molecule has 120 valence electrons. The fraction of sp³-hybridized carbons (Fsp3) is 0.529. The molecule has 1 aliphatic heterocycles. The number of unbranched alkanes of at least 4 members (excludes halogenated alkanes) is 1. The van der Waals surface area contributed by atoms with Gasteiger partial charge in [0.15, 0.2) is 0 Å². The summed E-state index contributed by atoms with van der Waals surface area (Å²) in [7, 11) is 0. The van der Waals surface area contributed by atoms with Gasteiger partial charge in [-0.15, -0.1) is 0 Å². The molecular weight excluding hydrogens is 278 g/mol. The molecule has 1 aromatic rings. The molecule has 5 nitrogen and oxygen atoms in total. The normalized spacial score (nSPS) is 18.0. The first-order valence-electron chi connectivity index (χ1n) is 8.05. The number of rotatable bonds is 5. The lowest BCUT2D eigenvalue weighted by Crippen LogP contribution is -2.45. The highest BCUT2D eigenvalue weighted by Crippen LogP contribution is 2.21. The molecule has 1 atom stereocenters. The molecule has 1 unspecified atom stereocenters. The number of nitrogens with one attached hydrogen (secondary N) is 1. The average molecular weight is 303 g/mol. The summed E-state index contributed by atoms with van der Waals surface area (Å²) in [4.78, 5) is 26.5. The Bertz CT molecular complexity index is 530. The van der Waals surface area contributed by atoms with E-state index in [9.17, 15) is 9.59 Å². The summed E-state index contributed by atoms with van der Waals surface area (Å²) in [5, 5.41) is 2.96. The minimum Gasteiger partial charge on any atom is -0.398 e. The summed E-state index contributed by atoms with van der Waals surface area (Å²) >= 11 is 0. The highest BCUT2D eigenvalue weighted by Gasteiger charge is 2.29. The quantitative estimate of drug-likeness (QED) is 0.645. The largest absolute Gasteiger partial charge is 0.398 e. The summed E-state index contributed by atoms with van der Waals surface area (Å²) in [5.41, 5.74) is 6.89. The van der Waals surface area contributed by atoms with E-state index in [2.05, 4.69) is 12.2 Å². The van der Waals surface area contributed by atoms with Gasteiger partial charge in [-0.25, -0.2) is 0 Å². The van der Waals surface area contributed by atoms with Crippen molar-refractivity contribution in [1.82, 2.24) is 10.2 Å². The second kappa shape index (κ2) is 7.82. The Morgan fingerprint density at radius 2 is 2.14 bits per heavy atom. The molecule has 0 bridgehead atoms. The zero-order valence-electron chi connectivity index (χ0n) is 13.2. The Labute approximate surface area is 131 Å². The number of carbonyl (C=O) groups excluding carboxylic acids is 2. The highest BCUT2D eigenvalue weighted by atomic mass is 16.2. The van der Waals surface area contributed by atoms with E-state index < -0.39 is 0 Å². The van der Waals surface area contributed by atoms with Gasteiger partial charge in [0.05, 0.1) is 11.5 Å². The van der Waals surface area contributed by atoms with Gasteiger partial charge in [0.2, 0.25) is 5.91 Å². The third kappa shape index (κ3) is 4.00. The third-order valence-electron chi connectivity index (χ3n) is 4.10. The van der Waals surface area contributed by atoms with Crippen molar-refractivity contribution < 1.29 is 9.59 Å². The predicted molar refractivity (Wildman–Crippen MR) is 87.4 cm³/mol. The number of nitrogen functional groups attached to an aromatic ring is 1. The number of nitrogens with zero attached hydrogens (tertiary/aromatic N) is 1. The van der Waals surface area contributed by atoms with Crippen molar-refractivity contribution in [2.75, 3.05) is 25.4 Å². The summed E-state index contributed by atoms with van der Waals surface area (Å²) in [6, 6.07) is 7.09. The Kier molecular flexibility index (Phi) is 5.81. The number of para-hydroxylation sites is 1. The molecular formula is C17H25N3O2. The first-order valence-corrected chi connectivity index (χ1v) is 8.05. The van der Waals surface area contributed by atoms with Crippen LogP contribution in [0.3, 0.4) is 0 Å². The second-order valence-corrected chi connectivity index (χ2v) is 5.82. The lowest BCUT2D eigenvalue weighted by atomic mass is 9.96.